The first kappa shape index (κ1) is 16.2. The molecule has 0 aliphatic carbocycles. The molecule has 2 aromatic rings. The molecule has 1 unspecified atom stereocenters. The maximum Gasteiger partial charge on any atom is 0.242 e. The fraction of sp³-hybridized carbons (Fsp3) is 0.462. The third-order valence-corrected chi connectivity index (χ3v) is 5.21. The highest BCUT2D eigenvalue weighted by atomic mass is 35.5. The Hall–Kier alpha value is -1.15. The molecule has 6 nitrogen and oxygen atoms in total. The van der Waals surface area contributed by atoms with E-state index >= 15 is 0 Å². The van der Waals surface area contributed by atoms with Crippen LogP contribution in [0.25, 0.3) is 11.0 Å². The SMILES string of the molecule is Cl.O=S(=O)(NCCC1CCNC1)c1c[nH]c2ncccc12. The molecule has 21 heavy (non-hydrogen) atoms. The number of fused-ring (bicyclic) bond motifs is 1. The molecule has 116 valence electrons. The van der Waals surface area contributed by atoms with Crippen molar-refractivity contribution < 1.29 is 8.42 Å². The van der Waals surface area contributed by atoms with E-state index in [4.69, 9.17) is 0 Å². The summed E-state index contributed by atoms with van der Waals surface area (Å²) in [6.07, 6.45) is 5.12. The van der Waals surface area contributed by atoms with Crippen LogP contribution in [-0.4, -0.2) is 38.0 Å². The first-order chi connectivity index (χ1) is 9.67. The molecule has 3 heterocycles. The van der Waals surface area contributed by atoms with E-state index in [1.807, 2.05) is 0 Å². The molecule has 0 amide bonds. The Morgan fingerprint density at radius 1 is 1.43 bits per heavy atom. The number of hydrogen-bond acceptors (Lipinski definition) is 4. The van der Waals surface area contributed by atoms with Crippen molar-refractivity contribution in [1.29, 1.82) is 0 Å². The lowest BCUT2D eigenvalue weighted by molar-refractivity contribution is 0.519. The average Bonchev–Trinajstić information content (AvgIpc) is 3.07. The zero-order valence-corrected chi connectivity index (χ0v) is 13.1. The number of aromatic nitrogens is 2. The number of halogens is 1. The van der Waals surface area contributed by atoms with Crippen LogP contribution in [0.1, 0.15) is 12.8 Å². The molecule has 1 saturated heterocycles. The van der Waals surface area contributed by atoms with Crippen LogP contribution in [0.3, 0.4) is 0 Å². The van der Waals surface area contributed by atoms with Gasteiger partial charge in [0.05, 0.1) is 0 Å². The van der Waals surface area contributed by atoms with Crippen molar-refractivity contribution in [2.45, 2.75) is 17.7 Å². The van der Waals surface area contributed by atoms with Crippen molar-refractivity contribution in [3.8, 4) is 0 Å². The van der Waals surface area contributed by atoms with Crippen LogP contribution in [0.5, 0.6) is 0 Å². The average molecular weight is 331 g/mol. The van der Waals surface area contributed by atoms with Crippen LogP contribution in [-0.2, 0) is 10.0 Å². The quantitative estimate of drug-likeness (QED) is 0.770. The monoisotopic (exact) mass is 330 g/mol. The topological polar surface area (TPSA) is 86.9 Å². The van der Waals surface area contributed by atoms with Crippen molar-refractivity contribution >= 4 is 33.5 Å². The van der Waals surface area contributed by atoms with Crippen molar-refractivity contribution in [2.75, 3.05) is 19.6 Å². The third kappa shape index (κ3) is 3.55. The van der Waals surface area contributed by atoms with E-state index in [0.717, 1.165) is 25.9 Å². The molecule has 1 fully saturated rings. The smallest absolute Gasteiger partial charge is 0.242 e. The summed E-state index contributed by atoms with van der Waals surface area (Å²) in [5, 5.41) is 3.91. The predicted molar refractivity (Wildman–Crippen MR) is 84.1 cm³/mol. The van der Waals surface area contributed by atoms with E-state index in [0.29, 0.717) is 23.5 Å². The lowest BCUT2D eigenvalue weighted by Gasteiger charge is -2.09. The summed E-state index contributed by atoms with van der Waals surface area (Å²) in [5.74, 6) is 0.572. The minimum absolute atomic E-state index is 0. The van der Waals surface area contributed by atoms with E-state index < -0.39 is 10.0 Å². The number of hydrogen-bond donors (Lipinski definition) is 3. The van der Waals surface area contributed by atoms with Gasteiger partial charge in [-0.3, -0.25) is 0 Å². The van der Waals surface area contributed by atoms with Crippen LogP contribution in [0, 0.1) is 5.92 Å². The summed E-state index contributed by atoms with van der Waals surface area (Å²) in [6.45, 7) is 2.49. The Bertz CT molecular complexity index is 695. The molecule has 1 aliphatic rings. The van der Waals surface area contributed by atoms with E-state index in [1.165, 1.54) is 6.20 Å². The molecule has 1 atom stereocenters. The maximum absolute atomic E-state index is 12.3. The van der Waals surface area contributed by atoms with Gasteiger partial charge in [-0.15, -0.1) is 12.4 Å². The highest BCUT2D eigenvalue weighted by Crippen LogP contribution is 2.20. The fourth-order valence-electron chi connectivity index (χ4n) is 2.59. The molecular formula is C13H19ClN4O2S. The van der Waals surface area contributed by atoms with Crippen molar-refractivity contribution in [1.82, 2.24) is 20.0 Å². The third-order valence-electron chi connectivity index (χ3n) is 3.71. The van der Waals surface area contributed by atoms with Gasteiger partial charge in [0.1, 0.15) is 10.5 Å². The molecule has 3 N–H and O–H groups in total. The molecule has 0 spiro atoms. The van der Waals surface area contributed by atoms with Crippen LogP contribution in [0.4, 0.5) is 0 Å². The largest absolute Gasteiger partial charge is 0.345 e. The minimum atomic E-state index is -3.48. The summed E-state index contributed by atoms with van der Waals surface area (Å²) >= 11 is 0. The van der Waals surface area contributed by atoms with Crippen molar-refractivity contribution in [2.24, 2.45) is 5.92 Å². The summed E-state index contributed by atoms with van der Waals surface area (Å²) in [5.41, 5.74) is 0.591. The molecule has 8 heteroatoms. The van der Waals surface area contributed by atoms with Gasteiger partial charge in [0, 0.05) is 24.3 Å². The second-order valence-corrected chi connectivity index (χ2v) is 6.83. The number of nitrogens with zero attached hydrogens (tertiary/aromatic N) is 1. The maximum atomic E-state index is 12.3. The molecule has 0 aromatic carbocycles. The Morgan fingerprint density at radius 2 is 2.29 bits per heavy atom. The van der Waals surface area contributed by atoms with E-state index in [9.17, 15) is 8.42 Å². The van der Waals surface area contributed by atoms with Crippen molar-refractivity contribution in [3.05, 3.63) is 24.5 Å². The zero-order valence-electron chi connectivity index (χ0n) is 11.5. The summed E-state index contributed by atoms with van der Waals surface area (Å²) < 4.78 is 27.3. The number of nitrogens with one attached hydrogen (secondary N) is 3. The second kappa shape index (κ2) is 6.74. The highest BCUT2D eigenvalue weighted by Gasteiger charge is 2.20. The fourth-order valence-corrected chi connectivity index (χ4v) is 3.80. The van der Waals surface area contributed by atoms with Gasteiger partial charge in [-0.1, -0.05) is 0 Å². The van der Waals surface area contributed by atoms with Crippen LogP contribution < -0.4 is 10.0 Å². The van der Waals surface area contributed by atoms with E-state index in [1.54, 1.807) is 18.3 Å². The number of sulfonamides is 1. The normalized spacial score (nSPS) is 18.8. The number of aromatic amines is 1. The summed E-state index contributed by atoms with van der Waals surface area (Å²) in [4.78, 5) is 7.26. The molecule has 0 radical (unpaired) electrons. The van der Waals surface area contributed by atoms with Crippen LogP contribution in [0.2, 0.25) is 0 Å². The number of H-pyrrole nitrogens is 1. The first-order valence-electron chi connectivity index (χ1n) is 6.79. The minimum Gasteiger partial charge on any atom is -0.345 e. The Labute approximate surface area is 130 Å². The lowest BCUT2D eigenvalue weighted by atomic mass is 10.1. The van der Waals surface area contributed by atoms with Crippen LogP contribution in [0.15, 0.2) is 29.4 Å². The zero-order chi connectivity index (χ0) is 14.0. The second-order valence-electron chi connectivity index (χ2n) is 5.10. The molecule has 1 aliphatic heterocycles. The van der Waals surface area contributed by atoms with Gasteiger partial charge in [-0.25, -0.2) is 18.1 Å². The Balaban J connectivity index is 0.00000161. The van der Waals surface area contributed by atoms with Gasteiger partial charge < -0.3 is 10.3 Å². The van der Waals surface area contributed by atoms with E-state index in [-0.39, 0.29) is 17.3 Å². The van der Waals surface area contributed by atoms with Gasteiger partial charge in [0.25, 0.3) is 0 Å². The van der Waals surface area contributed by atoms with Gasteiger partial charge in [0.2, 0.25) is 10.0 Å². The summed E-state index contributed by atoms with van der Waals surface area (Å²) in [6, 6.07) is 3.49. The van der Waals surface area contributed by atoms with Gasteiger partial charge >= 0.3 is 0 Å². The Morgan fingerprint density at radius 3 is 3.05 bits per heavy atom. The molecule has 0 saturated carbocycles. The molecule has 3 rings (SSSR count). The van der Waals surface area contributed by atoms with Crippen LogP contribution >= 0.6 is 12.4 Å². The Kier molecular flexibility index (Phi) is 5.21. The van der Waals surface area contributed by atoms with Gasteiger partial charge in [-0.05, 0) is 44.0 Å². The van der Waals surface area contributed by atoms with Gasteiger partial charge in [-0.2, -0.15) is 0 Å². The standard InChI is InChI=1S/C13H18N4O2S.ClH/c18-20(19,17-7-4-10-3-6-14-8-10)12-9-16-13-11(12)2-1-5-15-13;/h1-2,5,9-10,14,17H,3-4,6-8H2,(H,15,16);1H. The molecule has 2 aromatic heterocycles. The molecular weight excluding hydrogens is 312 g/mol. The molecule has 0 bridgehead atoms. The predicted octanol–water partition coefficient (Wildman–Crippen LogP) is 1.26. The van der Waals surface area contributed by atoms with E-state index in [2.05, 4.69) is 20.0 Å². The number of rotatable bonds is 5. The van der Waals surface area contributed by atoms with Crippen molar-refractivity contribution in [3.63, 3.8) is 0 Å². The highest BCUT2D eigenvalue weighted by molar-refractivity contribution is 7.89. The summed E-state index contributed by atoms with van der Waals surface area (Å²) in [7, 11) is -3.48. The number of pyridine rings is 1. The first-order valence-corrected chi connectivity index (χ1v) is 8.27. The lowest BCUT2D eigenvalue weighted by Crippen LogP contribution is -2.26. The van der Waals surface area contributed by atoms with Gasteiger partial charge in [0.15, 0.2) is 0 Å².